The maximum Gasteiger partial charge on any atom is 0.309 e. The normalized spacial score (nSPS) is 45.3. The quantitative estimate of drug-likeness (QED) is 0.401. The predicted octanol–water partition coefficient (Wildman–Crippen LogP) is -1.13. The Kier molecular flexibility index (Phi) is 4.17. The van der Waals surface area contributed by atoms with Crippen LogP contribution in [-0.4, -0.2) is 54.1 Å². The van der Waals surface area contributed by atoms with Crippen LogP contribution in [-0.2, 0) is 14.3 Å². The fraction of sp³-hybridized carbons (Fsp3) is 0.750. The van der Waals surface area contributed by atoms with E-state index in [2.05, 4.69) is 22.0 Å². The molecule has 0 aromatic heterocycles. The highest BCUT2D eigenvalue weighted by Gasteiger charge is 2.52. The van der Waals surface area contributed by atoms with E-state index >= 15 is 0 Å². The van der Waals surface area contributed by atoms with Crippen molar-refractivity contribution < 1.29 is 19.4 Å². The molecule has 0 amide bonds. The minimum atomic E-state index is -0.976. The van der Waals surface area contributed by atoms with Gasteiger partial charge in [0.15, 0.2) is 5.78 Å². The summed E-state index contributed by atoms with van der Waals surface area (Å²) in [4.78, 5) is 24.3. The lowest BCUT2D eigenvalue weighted by Crippen LogP contribution is -2.73. The molecule has 0 radical (unpaired) electrons. The van der Waals surface area contributed by atoms with Gasteiger partial charge in [-0.3, -0.25) is 25.5 Å². The number of hydrogen-bond donors (Lipinski definition) is 5. The molecule has 132 valence electrons. The van der Waals surface area contributed by atoms with E-state index in [0.717, 1.165) is 19.3 Å². The van der Waals surface area contributed by atoms with Crippen LogP contribution in [0.25, 0.3) is 0 Å². The van der Waals surface area contributed by atoms with E-state index in [0.29, 0.717) is 6.54 Å². The molecule has 7 atom stereocenters. The highest BCUT2D eigenvalue weighted by atomic mass is 16.5. The number of carboxylic acid groups (broad SMARTS) is 1. The van der Waals surface area contributed by atoms with Gasteiger partial charge in [-0.25, -0.2) is 0 Å². The highest BCUT2D eigenvalue weighted by molar-refractivity contribution is 5.89. The second-order valence-electron chi connectivity index (χ2n) is 7.13. The summed E-state index contributed by atoms with van der Waals surface area (Å²) in [5, 5.41) is 19.0. The van der Waals surface area contributed by atoms with E-state index in [-0.39, 0.29) is 24.5 Å². The summed E-state index contributed by atoms with van der Waals surface area (Å²) in [6.07, 6.45) is 4.26. The van der Waals surface area contributed by atoms with Crippen molar-refractivity contribution in [1.29, 1.82) is 0 Å². The van der Waals surface area contributed by atoms with Crippen molar-refractivity contribution in [1.82, 2.24) is 16.0 Å². The van der Waals surface area contributed by atoms with Gasteiger partial charge in [0.2, 0.25) is 0 Å². The average Bonchev–Trinajstić information content (AvgIpc) is 3.08. The fourth-order valence-electron chi connectivity index (χ4n) is 4.32. The molecular weight excluding hydrogens is 312 g/mol. The predicted molar refractivity (Wildman–Crippen MR) is 84.7 cm³/mol. The van der Waals surface area contributed by atoms with Gasteiger partial charge in [0.1, 0.15) is 6.23 Å². The van der Waals surface area contributed by atoms with E-state index in [1.165, 1.54) is 5.57 Å². The summed E-state index contributed by atoms with van der Waals surface area (Å²) in [5.41, 5.74) is 7.18. The maximum absolute atomic E-state index is 13.0. The van der Waals surface area contributed by atoms with E-state index in [1.807, 2.05) is 0 Å². The molecule has 3 saturated heterocycles. The minimum Gasteiger partial charge on any atom is -0.481 e. The van der Waals surface area contributed by atoms with Crippen LogP contribution in [0.5, 0.6) is 0 Å². The summed E-state index contributed by atoms with van der Waals surface area (Å²) in [7, 11) is 0. The number of rotatable bonds is 2. The molecule has 0 bridgehead atoms. The van der Waals surface area contributed by atoms with Crippen molar-refractivity contribution in [3.8, 4) is 0 Å². The highest BCUT2D eigenvalue weighted by Crippen LogP contribution is 2.33. The summed E-state index contributed by atoms with van der Waals surface area (Å²) in [5.74, 6) is -2.19. The summed E-state index contributed by atoms with van der Waals surface area (Å²) >= 11 is 0. The van der Waals surface area contributed by atoms with E-state index < -0.39 is 36.2 Å². The van der Waals surface area contributed by atoms with Crippen LogP contribution >= 0.6 is 0 Å². The number of allylic oxidation sites excluding steroid dienone is 1. The first-order valence-electron chi connectivity index (χ1n) is 8.66. The van der Waals surface area contributed by atoms with Crippen LogP contribution in [0.1, 0.15) is 25.7 Å². The van der Waals surface area contributed by atoms with Gasteiger partial charge in [-0.2, -0.15) is 0 Å². The fourth-order valence-corrected chi connectivity index (χ4v) is 4.32. The van der Waals surface area contributed by atoms with Gasteiger partial charge in [0.05, 0.1) is 36.3 Å². The number of aliphatic carboxylic acids is 1. The Hall–Kier alpha value is -1.32. The molecule has 0 saturated carbocycles. The third-order valence-corrected chi connectivity index (χ3v) is 5.66. The van der Waals surface area contributed by atoms with Crippen molar-refractivity contribution >= 4 is 11.8 Å². The first-order valence-corrected chi connectivity index (χ1v) is 8.66. The molecule has 0 aromatic rings. The van der Waals surface area contributed by atoms with Crippen LogP contribution in [0.4, 0.5) is 0 Å². The zero-order chi connectivity index (χ0) is 16.8. The molecule has 4 rings (SSSR count). The molecule has 6 N–H and O–H groups in total. The van der Waals surface area contributed by atoms with E-state index in [4.69, 9.17) is 10.5 Å². The van der Waals surface area contributed by atoms with E-state index in [9.17, 15) is 14.7 Å². The SMILES string of the molecule is NC1NC2OC3CNC(C4=CCCC4)NC3C(=O)C2CC1C(=O)O. The van der Waals surface area contributed by atoms with Crippen LogP contribution in [0.2, 0.25) is 0 Å². The molecular formula is C16H24N4O4. The Labute approximate surface area is 140 Å². The molecule has 24 heavy (non-hydrogen) atoms. The molecule has 0 aromatic carbocycles. The van der Waals surface area contributed by atoms with E-state index in [1.54, 1.807) is 0 Å². The van der Waals surface area contributed by atoms with Gasteiger partial charge < -0.3 is 15.6 Å². The largest absolute Gasteiger partial charge is 0.481 e. The Balaban J connectivity index is 1.50. The van der Waals surface area contributed by atoms with Gasteiger partial charge >= 0.3 is 5.97 Å². The monoisotopic (exact) mass is 336 g/mol. The molecule has 1 aliphatic carbocycles. The lowest BCUT2D eigenvalue weighted by molar-refractivity contribution is -0.174. The summed E-state index contributed by atoms with van der Waals surface area (Å²) in [6.45, 7) is 0.591. The number of ether oxygens (including phenoxy) is 1. The van der Waals surface area contributed by atoms with Crippen LogP contribution in [0.3, 0.4) is 0 Å². The number of carboxylic acids is 1. The first-order chi connectivity index (χ1) is 11.5. The third kappa shape index (κ3) is 2.68. The first kappa shape index (κ1) is 16.2. The zero-order valence-electron chi connectivity index (χ0n) is 13.4. The van der Waals surface area contributed by atoms with Gasteiger partial charge in [-0.1, -0.05) is 6.08 Å². The molecule has 3 fully saturated rings. The van der Waals surface area contributed by atoms with Crippen LogP contribution in [0, 0.1) is 11.8 Å². The maximum atomic E-state index is 13.0. The number of nitrogens with one attached hydrogen (secondary N) is 3. The lowest BCUT2D eigenvalue weighted by Gasteiger charge is -2.49. The third-order valence-electron chi connectivity index (χ3n) is 5.66. The molecule has 0 spiro atoms. The smallest absolute Gasteiger partial charge is 0.309 e. The Morgan fingerprint density at radius 2 is 2.21 bits per heavy atom. The number of fused-ring (bicyclic) bond motifs is 2. The number of piperidine rings is 1. The van der Waals surface area contributed by atoms with Gasteiger partial charge in [-0.15, -0.1) is 0 Å². The number of carbonyl (C=O) groups excluding carboxylic acids is 1. The van der Waals surface area contributed by atoms with Gasteiger partial charge in [-0.05, 0) is 31.3 Å². The van der Waals surface area contributed by atoms with Crippen LogP contribution in [0.15, 0.2) is 11.6 Å². The van der Waals surface area contributed by atoms with Crippen molar-refractivity contribution in [2.75, 3.05) is 6.54 Å². The summed E-state index contributed by atoms with van der Waals surface area (Å²) in [6, 6.07) is -0.399. The lowest BCUT2D eigenvalue weighted by atomic mass is 9.78. The molecule has 8 nitrogen and oxygen atoms in total. The van der Waals surface area contributed by atoms with Crippen molar-refractivity contribution in [3.05, 3.63) is 11.6 Å². The van der Waals surface area contributed by atoms with Crippen molar-refractivity contribution in [2.24, 2.45) is 17.6 Å². The molecule has 4 aliphatic rings. The van der Waals surface area contributed by atoms with Crippen molar-refractivity contribution in [2.45, 2.75) is 56.4 Å². The molecule has 8 heteroatoms. The number of Topliss-reactive ketones (excluding diaryl/α,β-unsaturated/α-hetero) is 1. The Morgan fingerprint density at radius 3 is 2.92 bits per heavy atom. The second-order valence-corrected chi connectivity index (χ2v) is 7.13. The van der Waals surface area contributed by atoms with Crippen LogP contribution < -0.4 is 21.7 Å². The molecule has 3 heterocycles. The number of carbonyl (C=O) groups is 2. The van der Waals surface area contributed by atoms with Crippen molar-refractivity contribution in [3.63, 3.8) is 0 Å². The summed E-state index contributed by atoms with van der Waals surface area (Å²) < 4.78 is 6.02. The minimum absolute atomic E-state index is 0.00641. The Bertz CT molecular complexity index is 580. The number of ketones is 1. The Morgan fingerprint density at radius 1 is 1.38 bits per heavy atom. The standard InChI is InChI=1S/C16H24N4O4/c17-13-9(16(22)23)5-8-12(21)11-10(24-15(8)20-13)6-18-14(19-11)7-3-1-2-4-7/h3,8-11,13-15,18-20H,1-2,4-6,17H2,(H,22,23). The number of nitrogens with two attached hydrogens (primary N) is 1. The van der Waals surface area contributed by atoms with Gasteiger partial charge in [0.25, 0.3) is 0 Å². The number of hydrogen-bond acceptors (Lipinski definition) is 7. The molecule has 3 aliphatic heterocycles. The molecule has 7 unspecified atom stereocenters. The zero-order valence-corrected chi connectivity index (χ0v) is 13.4. The topological polar surface area (TPSA) is 126 Å². The second kappa shape index (κ2) is 6.20. The average molecular weight is 336 g/mol. The van der Waals surface area contributed by atoms with Gasteiger partial charge in [0, 0.05) is 6.54 Å².